The average molecular weight is 313 g/mol. The Balaban J connectivity index is 2.89. The second-order valence-corrected chi connectivity index (χ2v) is 7.08. The summed E-state index contributed by atoms with van der Waals surface area (Å²) in [5, 5.41) is 0. The molecule has 0 fully saturated rings. The molecule has 1 aromatic rings. The van der Waals surface area contributed by atoms with Crippen LogP contribution in [0.25, 0.3) is 0 Å². The number of aryl methyl sites for hydroxylation is 2. The maximum atomic E-state index is 5.71. The Labute approximate surface area is 119 Å². The fraction of sp³-hybridized carbons (Fsp3) is 0.600. The highest BCUT2D eigenvalue weighted by Crippen LogP contribution is 2.30. The lowest BCUT2D eigenvalue weighted by molar-refractivity contribution is 0.333. The minimum absolute atomic E-state index is 0.231. The average Bonchev–Trinajstić information content (AvgIpc) is 2.25. The van der Waals surface area contributed by atoms with Crippen molar-refractivity contribution in [2.24, 2.45) is 11.3 Å². The van der Waals surface area contributed by atoms with Gasteiger partial charge in [-0.1, -0.05) is 48.8 Å². The van der Waals surface area contributed by atoms with E-state index in [0.717, 1.165) is 12.8 Å². The number of hydrazine groups is 1. The Bertz CT molecular complexity index is 384. The van der Waals surface area contributed by atoms with E-state index in [0.29, 0.717) is 5.41 Å². The third-order valence-corrected chi connectivity index (χ3v) is 4.50. The molecule has 0 aliphatic carbocycles. The van der Waals surface area contributed by atoms with Crippen molar-refractivity contribution < 1.29 is 0 Å². The molecular formula is C15H25BrN2. The summed E-state index contributed by atoms with van der Waals surface area (Å²) in [7, 11) is 0. The molecule has 0 saturated heterocycles. The zero-order valence-electron chi connectivity index (χ0n) is 12.1. The van der Waals surface area contributed by atoms with Crippen molar-refractivity contribution in [1.82, 2.24) is 5.43 Å². The van der Waals surface area contributed by atoms with Gasteiger partial charge in [0.1, 0.15) is 0 Å². The largest absolute Gasteiger partial charge is 0.271 e. The molecule has 102 valence electrons. The topological polar surface area (TPSA) is 38.0 Å². The summed E-state index contributed by atoms with van der Waals surface area (Å²) in [4.78, 5) is 0. The van der Waals surface area contributed by atoms with E-state index in [1.807, 2.05) is 0 Å². The third-order valence-electron chi connectivity index (χ3n) is 3.25. The van der Waals surface area contributed by atoms with Gasteiger partial charge in [-0.3, -0.25) is 11.3 Å². The van der Waals surface area contributed by atoms with Crippen LogP contribution in [0.15, 0.2) is 16.6 Å². The smallest absolute Gasteiger partial charge is 0.0460 e. The van der Waals surface area contributed by atoms with Gasteiger partial charge in [0.15, 0.2) is 0 Å². The van der Waals surface area contributed by atoms with E-state index in [9.17, 15) is 0 Å². The highest BCUT2D eigenvalue weighted by Gasteiger charge is 2.17. The molecule has 1 aromatic carbocycles. The van der Waals surface area contributed by atoms with Crippen LogP contribution in [0, 0.1) is 19.3 Å². The van der Waals surface area contributed by atoms with Crippen molar-refractivity contribution in [2.75, 3.05) is 0 Å². The Kier molecular flexibility index (Phi) is 5.38. The summed E-state index contributed by atoms with van der Waals surface area (Å²) in [5.41, 5.74) is 7.10. The first-order valence-electron chi connectivity index (χ1n) is 6.47. The molecule has 0 aliphatic heterocycles. The van der Waals surface area contributed by atoms with Crippen LogP contribution >= 0.6 is 15.9 Å². The molecule has 0 aromatic heterocycles. The van der Waals surface area contributed by atoms with Gasteiger partial charge in [-0.2, -0.15) is 0 Å². The van der Waals surface area contributed by atoms with Gasteiger partial charge in [-0.05, 0) is 48.8 Å². The van der Waals surface area contributed by atoms with E-state index in [-0.39, 0.29) is 6.04 Å². The lowest BCUT2D eigenvalue weighted by atomic mass is 9.87. The van der Waals surface area contributed by atoms with Gasteiger partial charge in [-0.25, -0.2) is 0 Å². The van der Waals surface area contributed by atoms with Crippen molar-refractivity contribution in [3.05, 3.63) is 33.3 Å². The molecule has 1 rings (SSSR count). The van der Waals surface area contributed by atoms with Crippen LogP contribution in [0.5, 0.6) is 0 Å². The first kappa shape index (κ1) is 15.7. The number of nitrogens with one attached hydrogen (secondary N) is 1. The first-order chi connectivity index (χ1) is 8.24. The van der Waals surface area contributed by atoms with E-state index in [1.165, 1.54) is 21.2 Å². The number of benzene rings is 1. The van der Waals surface area contributed by atoms with Crippen molar-refractivity contribution in [2.45, 2.75) is 53.5 Å². The number of hydrogen-bond donors (Lipinski definition) is 2. The van der Waals surface area contributed by atoms with Gasteiger partial charge >= 0.3 is 0 Å². The predicted octanol–water partition coefficient (Wildman–Crippen LogP) is 4.40. The quantitative estimate of drug-likeness (QED) is 0.639. The molecule has 3 N–H and O–H groups in total. The van der Waals surface area contributed by atoms with Crippen LogP contribution in [-0.4, -0.2) is 0 Å². The van der Waals surface area contributed by atoms with Crippen LogP contribution in [0.1, 0.15) is 56.3 Å². The van der Waals surface area contributed by atoms with Crippen LogP contribution < -0.4 is 11.3 Å². The van der Waals surface area contributed by atoms with E-state index < -0.39 is 0 Å². The van der Waals surface area contributed by atoms with Crippen molar-refractivity contribution in [3.63, 3.8) is 0 Å². The maximum absolute atomic E-state index is 5.71. The summed E-state index contributed by atoms with van der Waals surface area (Å²) < 4.78 is 1.19. The molecular weight excluding hydrogens is 288 g/mol. The maximum Gasteiger partial charge on any atom is 0.0460 e. The normalized spacial score (nSPS) is 13.7. The zero-order chi connectivity index (χ0) is 13.9. The fourth-order valence-electron chi connectivity index (χ4n) is 2.10. The second kappa shape index (κ2) is 6.18. The molecule has 0 spiro atoms. The Hall–Kier alpha value is -0.380. The van der Waals surface area contributed by atoms with E-state index >= 15 is 0 Å². The van der Waals surface area contributed by atoms with Crippen LogP contribution in [0.3, 0.4) is 0 Å². The highest BCUT2D eigenvalue weighted by atomic mass is 79.9. The highest BCUT2D eigenvalue weighted by molar-refractivity contribution is 9.10. The van der Waals surface area contributed by atoms with Crippen LogP contribution in [0.4, 0.5) is 0 Å². The Morgan fingerprint density at radius 3 is 2.11 bits per heavy atom. The first-order valence-corrected chi connectivity index (χ1v) is 7.26. The van der Waals surface area contributed by atoms with Crippen LogP contribution in [-0.2, 0) is 0 Å². The minimum atomic E-state index is 0.231. The lowest BCUT2D eigenvalue weighted by Crippen LogP contribution is -2.29. The number of rotatable bonds is 4. The molecule has 0 amide bonds. The molecule has 0 bridgehead atoms. The lowest BCUT2D eigenvalue weighted by Gasteiger charge is -2.23. The van der Waals surface area contributed by atoms with Crippen molar-refractivity contribution >= 4 is 15.9 Å². The molecule has 1 atom stereocenters. The zero-order valence-corrected chi connectivity index (χ0v) is 13.7. The van der Waals surface area contributed by atoms with Gasteiger partial charge in [0, 0.05) is 10.5 Å². The summed E-state index contributed by atoms with van der Waals surface area (Å²) in [6.07, 6.45) is 2.20. The molecule has 0 radical (unpaired) electrons. The second-order valence-electron chi connectivity index (χ2n) is 6.29. The third kappa shape index (κ3) is 4.38. The molecule has 0 saturated carbocycles. The fourth-order valence-corrected chi connectivity index (χ4v) is 2.33. The Morgan fingerprint density at radius 1 is 1.22 bits per heavy atom. The predicted molar refractivity (Wildman–Crippen MR) is 82.4 cm³/mol. The molecule has 0 aliphatic rings. The van der Waals surface area contributed by atoms with Gasteiger partial charge < -0.3 is 0 Å². The van der Waals surface area contributed by atoms with Gasteiger partial charge in [0.25, 0.3) is 0 Å². The van der Waals surface area contributed by atoms with Crippen molar-refractivity contribution in [3.8, 4) is 0 Å². The molecule has 2 nitrogen and oxygen atoms in total. The van der Waals surface area contributed by atoms with Crippen molar-refractivity contribution in [1.29, 1.82) is 0 Å². The summed E-state index contributed by atoms with van der Waals surface area (Å²) in [6, 6.07) is 4.66. The van der Waals surface area contributed by atoms with Gasteiger partial charge in [0.2, 0.25) is 0 Å². The van der Waals surface area contributed by atoms with Gasteiger partial charge in [0.05, 0.1) is 0 Å². The summed E-state index contributed by atoms with van der Waals surface area (Å²) >= 11 is 3.60. The summed E-state index contributed by atoms with van der Waals surface area (Å²) in [5.74, 6) is 5.71. The van der Waals surface area contributed by atoms with E-state index in [4.69, 9.17) is 5.84 Å². The van der Waals surface area contributed by atoms with E-state index in [2.05, 4.69) is 68.1 Å². The number of halogens is 1. The standard InChI is InChI=1S/C15H25BrN2/c1-10-8-12(9-11(2)14(10)16)13(18-17)6-7-15(3,4)5/h8-9,13,18H,6-7,17H2,1-5H3. The molecule has 18 heavy (non-hydrogen) atoms. The minimum Gasteiger partial charge on any atom is -0.271 e. The van der Waals surface area contributed by atoms with Gasteiger partial charge in [-0.15, -0.1) is 0 Å². The number of hydrogen-bond acceptors (Lipinski definition) is 2. The monoisotopic (exact) mass is 312 g/mol. The number of nitrogens with two attached hydrogens (primary N) is 1. The summed E-state index contributed by atoms with van der Waals surface area (Å²) in [6.45, 7) is 11.0. The Morgan fingerprint density at radius 2 is 1.72 bits per heavy atom. The molecule has 0 heterocycles. The van der Waals surface area contributed by atoms with Crippen LogP contribution in [0.2, 0.25) is 0 Å². The SMILES string of the molecule is Cc1cc(C(CCC(C)(C)C)NN)cc(C)c1Br. The van der Waals surface area contributed by atoms with E-state index in [1.54, 1.807) is 0 Å². The molecule has 3 heteroatoms. The molecule has 1 unspecified atom stereocenters.